The predicted octanol–water partition coefficient (Wildman–Crippen LogP) is 1.78. The van der Waals surface area contributed by atoms with Crippen LogP contribution in [0.4, 0.5) is 0 Å². The maximum Gasteiger partial charge on any atom is 0.125 e. The van der Waals surface area contributed by atoms with E-state index in [1.54, 1.807) is 6.92 Å². The molecule has 0 heterocycles. The van der Waals surface area contributed by atoms with E-state index in [2.05, 4.69) is 17.4 Å². The van der Waals surface area contributed by atoms with Crippen LogP contribution in [0.1, 0.15) is 23.6 Å². The monoisotopic (exact) mass is 223 g/mol. The fraction of sp³-hybridized carbons (Fsp3) is 0.538. The van der Waals surface area contributed by atoms with Gasteiger partial charge >= 0.3 is 0 Å². The van der Waals surface area contributed by atoms with Gasteiger partial charge in [0.25, 0.3) is 0 Å². The van der Waals surface area contributed by atoms with E-state index in [0.717, 1.165) is 23.4 Å². The number of hydrogen-bond acceptors (Lipinski definition) is 3. The smallest absolute Gasteiger partial charge is 0.125 e. The molecule has 1 aromatic carbocycles. The first-order chi connectivity index (χ1) is 7.54. The third-order valence-corrected chi connectivity index (χ3v) is 2.37. The van der Waals surface area contributed by atoms with Crippen LogP contribution in [-0.4, -0.2) is 24.9 Å². The number of rotatable bonds is 5. The topological polar surface area (TPSA) is 41.5 Å². The molecule has 0 aliphatic rings. The Morgan fingerprint density at radius 2 is 1.88 bits per heavy atom. The van der Waals surface area contributed by atoms with Gasteiger partial charge < -0.3 is 15.2 Å². The van der Waals surface area contributed by atoms with Crippen molar-refractivity contribution in [1.29, 1.82) is 0 Å². The molecule has 0 aliphatic heterocycles. The van der Waals surface area contributed by atoms with Gasteiger partial charge in [-0.25, -0.2) is 0 Å². The van der Waals surface area contributed by atoms with Crippen LogP contribution >= 0.6 is 0 Å². The lowest BCUT2D eigenvalue weighted by atomic mass is 10.1. The molecule has 0 aliphatic carbocycles. The van der Waals surface area contributed by atoms with E-state index in [1.807, 2.05) is 20.9 Å². The van der Waals surface area contributed by atoms with Gasteiger partial charge in [-0.2, -0.15) is 0 Å². The number of aliphatic hydroxyl groups excluding tert-OH is 1. The Balaban J connectivity index is 2.85. The molecule has 1 rings (SSSR count). The van der Waals surface area contributed by atoms with Crippen LogP contribution in [0, 0.1) is 13.8 Å². The zero-order valence-corrected chi connectivity index (χ0v) is 10.5. The maximum atomic E-state index is 9.20. The third-order valence-electron chi connectivity index (χ3n) is 2.37. The van der Waals surface area contributed by atoms with Crippen LogP contribution < -0.4 is 10.1 Å². The molecule has 1 atom stereocenters. The Bertz CT molecular complexity index is 325. The van der Waals surface area contributed by atoms with Crippen molar-refractivity contribution in [1.82, 2.24) is 5.32 Å². The van der Waals surface area contributed by atoms with Crippen LogP contribution in [-0.2, 0) is 6.54 Å². The van der Waals surface area contributed by atoms with E-state index >= 15 is 0 Å². The lowest BCUT2D eigenvalue weighted by molar-refractivity contribution is 0.122. The van der Waals surface area contributed by atoms with Gasteiger partial charge in [-0.05, 0) is 44.5 Å². The minimum absolute atomic E-state index is 0.340. The average Bonchev–Trinajstić information content (AvgIpc) is 2.16. The van der Waals surface area contributed by atoms with Gasteiger partial charge in [0, 0.05) is 6.54 Å². The summed E-state index contributed by atoms with van der Waals surface area (Å²) >= 11 is 0. The summed E-state index contributed by atoms with van der Waals surface area (Å²) in [4.78, 5) is 0. The standard InChI is InChI=1S/C13H21NO2/c1-9-5-12(7-14-4)6-10(2)13(9)16-8-11(3)15/h5-6,11,14-15H,7-8H2,1-4H3. The van der Waals surface area contributed by atoms with Crippen LogP contribution in [0.15, 0.2) is 12.1 Å². The zero-order chi connectivity index (χ0) is 12.1. The first-order valence-electron chi connectivity index (χ1n) is 5.60. The van der Waals surface area contributed by atoms with E-state index in [-0.39, 0.29) is 0 Å². The number of aryl methyl sites for hydroxylation is 2. The summed E-state index contributed by atoms with van der Waals surface area (Å²) in [7, 11) is 1.93. The summed E-state index contributed by atoms with van der Waals surface area (Å²) in [5.41, 5.74) is 3.48. The van der Waals surface area contributed by atoms with E-state index in [0.29, 0.717) is 6.61 Å². The van der Waals surface area contributed by atoms with E-state index in [4.69, 9.17) is 4.74 Å². The number of aliphatic hydroxyl groups is 1. The Morgan fingerprint density at radius 3 is 2.31 bits per heavy atom. The van der Waals surface area contributed by atoms with Crippen molar-refractivity contribution in [3.05, 3.63) is 28.8 Å². The Morgan fingerprint density at radius 1 is 1.31 bits per heavy atom. The largest absolute Gasteiger partial charge is 0.490 e. The first-order valence-corrected chi connectivity index (χ1v) is 5.60. The zero-order valence-electron chi connectivity index (χ0n) is 10.5. The van der Waals surface area contributed by atoms with Crippen LogP contribution in [0.3, 0.4) is 0 Å². The van der Waals surface area contributed by atoms with Gasteiger partial charge in [0.05, 0.1) is 6.10 Å². The van der Waals surface area contributed by atoms with Gasteiger partial charge in [0.2, 0.25) is 0 Å². The molecule has 0 fully saturated rings. The number of benzene rings is 1. The molecule has 0 aromatic heterocycles. The molecule has 0 amide bonds. The molecule has 1 unspecified atom stereocenters. The summed E-state index contributed by atoms with van der Waals surface area (Å²) in [6.07, 6.45) is -0.434. The lowest BCUT2D eigenvalue weighted by Gasteiger charge is -2.15. The number of ether oxygens (including phenoxy) is 1. The fourth-order valence-electron chi connectivity index (χ4n) is 1.78. The Labute approximate surface area is 97.4 Å². The van der Waals surface area contributed by atoms with Crippen molar-refractivity contribution in [3.8, 4) is 5.75 Å². The molecular formula is C13H21NO2. The SMILES string of the molecule is CNCc1cc(C)c(OCC(C)O)c(C)c1. The number of nitrogens with one attached hydrogen (secondary N) is 1. The summed E-state index contributed by atoms with van der Waals surface area (Å²) in [5.74, 6) is 0.890. The van der Waals surface area contributed by atoms with Crippen molar-refractivity contribution < 1.29 is 9.84 Å². The van der Waals surface area contributed by atoms with E-state index in [9.17, 15) is 5.11 Å². The van der Waals surface area contributed by atoms with E-state index < -0.39 is 6.10 Å². The molecule has 2 N–H and O–H groups in total. The molecule has 0 spiro atoms. The second kappa shape index (κ2) is 5.87. The second-order valence-electron chi connectivity index (χ2n) is 4.25. The highest BCUT2D eigenvalue weighted by Crippen LogP contribution is 2.24. The molecular weight excluding hydrogens is 202 g/mol. The highest BCUT2D eigenvalue weighted by molar-refractivity contribution is 5.43. The van der Waals surface area contributed by atoms with Crippen molar-refractivity contribution in [3.63, 3.8) is 0 Å². The summed E-state index contributed by atoms with van der Waals surface area (Å²) < 4.78 is 5.59. The first kappa shape index (κ1) is 13.0. The van der Waals surface area contributed by atoms with Gasteiger partial charge in [-0.15, -0.1) is 0 Å². The molecule has 16 heavy (non-hydrogen) atoms. The van der Waals surface area contributed by atoms with Gasteiger partial charge in [-0.3, -0.25) is 0 Å². The molecule has 0 bridgehead atoms. The van der Waals surface area contributed by atoms with Crippen molar-refractivity contribution >= 4 is 0 Å². The lowest BCUT2D eigenvalue weighted by Crippen LogP contribution is -2.14. The molecule has 3 nitrogen and oxygen atoms in total. The summed E-state index contributed by atoms with van der Waals surface area (Å²) in [6, 6.07) is 4.22. The molecule has 0 saturated heterocycles. The molecule has 0 saturated carbocycles. The van der Waals surface area contributed by atoms with Crippen LogP contribution in [0.5, 0.6) is 5.75 Å². The van der Waals surface area contributed by atoms with Crippen LogP contribution in [0.2, 0.25) is 0 Å². The molecule has 0 radical (unpaired) electrons. The van der Waals surface area contributed by atoms with Crippen molar-refractivity contribution in [2.24, 2.45) is 0 Å². The van der Waals surface area contributed by atoms with Gasteiger partial charge in [0.15, 0.2) is 0 Å². The Kier molecular flexibility index (Phi) is 4.77. The second-order valence-corrected chi connectivity index (χ2v) is 4.25. The summed E-state index contributed by atoms with van der Waals surface area (Å²) in [6.45, 7) is 6.98. The maximum absolute atomic E-state index is 9.20. The summed E-state index contributed by atoms with van der Waals surface area (Å²) in [5, 5.41) is 12.3. The van der Waals surface area contributed by atoms with Gasteiger partial charge in [-0.1, -0.05) is 12.1 Å². The fourth-order valence-corrected chi connectivity index (χ4v) is 1.78. The minimum Gasteiger partial charge on any atom is -0.490 e. The highest BCUT2D eigenvalue weighted by atomic mass is 16.5. The third kappa shape index (κ3) is 3.51. The quantitative estimate of drug-likeness (QED) is 0.799. The molecule has 3 heteroatoms. The highest BCUT2D eigenvalue weighted by Gasteiger charge is 2.07. The van der Waals surface area contributed by atoms with E-state index in [1.165, 1.54) is 5.56 Å². The van der Waals surface area contributed by atoms with Gasteiger partial charge in [0.1, 0.15) is 12.4 Å². The number of hydrogen-bond donors (Lipinski definition) is 2. The molecule has 1 aromatic rings. The normalized spacial score (nSPS) is 12.6. The predicted molar refractivity (Wildman–Crippen MR) is 65.9 cm³/mol. The average molecular weight is 223 g/mol. The minimum atomic E-state index is -0.434. The van der Waals surface area contributed by atoms with Crippen LogP contribution in [0.25, 0.3) is 0 Å². The van der Waals surface area contributed by atoms with Crippen molar-refractivity contribution in [2.45, 2.75) is 33.4 Å². The molecule has 90 valence electrons. The van der Waals surface area contributed by atoms with Crippen molar-refractivity contribution in [2.75, 3.05) is 13.7 Å². The Hall–Kier alpha value is -1.06.